The summed E-state index contributed by atoms with van der Waals surface area (Å²) in [5, 5.41) is 0. The molecule has 6 nitrogen and oxygen atoms in total. The quantitative estimate of drug-likeness (QED) is 0.792. The molecule has 2 aromatic heterocycles. The van der Waals surface area contributed by atoms with E-state index >= 15 is 0 Å². The Balaban J connectivity index is 1.71. The third-order valence-corrected chi connectivity index (χ3v) is 6.81. The highest BCUT2D eigenvalue weighted by Gasteiger charge is 2.45. The molecule has 1 atom stereocenters. The van der Waals surface area contributed by atoms with Crippen LogP contribution in [0.2, 0.25) is 0 Å². The van der Waals surface area contributed by atoms with Gasteiger partial charge in [-0.05, 0) is 39.2 Å². The summed E-state index contributed by atoms with van der Waals surface area (Å²) in [5.41, 5.74) is 4.13. The van der Waals surface area contributed by atoms with Crippen LogP contribution in [0.5, 0.6) is 0 Å². The second-order valence-electron chi connectivity index (χ2n) is 10.1. The molecule has 1 spiro atoms. The Kier molecular flexibility index (Phi) is 5.18. The Morgan fingerprint density at radius 3 is 2.66 bits per heavy atom. The molecule has 4 rings (SSSR count). The minimum absolute atomic E-state index is 0.0504. The van der Waals surface area contributed by atoms with E-state index in [4.69, 9.17) is 9.97 Å². The number of hydrogen-bond acceptors (Lipinski definition) is 5. The van der Waals surface area contributed by atoms with Crippen molar-refractivity contribution < 1.29 is 0 Å². The first-order valence-corrected chi connectivity index (χ1v) is 11.0. The number of likely N-dealkylation sites (tertiary alicyclic amines) is 1. The number of nitrogens with zero attached hydrogens (tertiary/aromatic N) is 6. The molecule has 158 valence electrons. The smallest absolute Gasteiger partial charge is 0.136 e. The number of aryl methyl sites for hydroxylation is 1. The summed E-state index contributed by atoms with van der Waals surface area (Å²) in [6, 6.07) is 0. The van der Waals surface area contributed by atoms with Gasteiger partial charge in [0.2, 0.25) is 0 Å². The fraction of sp³-hybridized carbons (Fsp3) is 0.696. The molecule has 2 aliphatic rings. The van der Waals surface area contributed by atoms with Gasteiger partial charge in [0.05, 0.1) is 17.7 Å². The van der Waals surface area contributed by atoms with Crippen LogP contribution in [0.1, 0.15) is 69.7 Å². The van der Waals surface area contributed by atoms with Crippen molar-refractivity contribution in [3.8, 4) is 0 Å². The zero-order chi connectivity index (χ0) is 20.8. The van der Waals surface area contributed by atoms with Gasteiger partial charge in [-0.15, -0.1) is 0 Å². The van der Waals surface area contributed by atoms with Crippen LogP contribution < -0.4 is 4.90 Å². The molecular weight excluding hydrogens is 360 g/mol. The third kappa shape index (κ3) is 3.67. The van der Waals surface area contributed by atoms with Gasteiger partial charge in [0.1, 0.15) is 11.6 Å². The van der Waals surface area contributed by atoms with E-state index in [2.05, 4.69) is 61.1 Å². The first kappa shape index (κ1) is 20.3. The van der Waals surface area contributed by atoms with E-state index in [1.54, 1.807) is 0 Å². The lowest BCUT2D eigenvalue weighted by Crippen LogP contribution is -2.45. The number of aromatic nitrogens is 4. The molecule has 1 aliphatic heterocycles. The van der Waals surface area contributed by atoms with Crippen LogP contribution in [0.15, 0.2) is 12.5 Å². The summed E-state index contributed by atoms with van der Waals surface area (Å²) in [7, 11) is 4.25. The Bertz CT molecular complexity index is 880. The van der Waals surface area contributed by atoms with Crippen LogP contribution >= 0.6 is 0 Å². The monoisotopic (exact) mass is 396 g/mol. The number of imidazole rings is 1. The fourth-order valence-corrected chi connectivity index (χ4v) is 4.95. The average molecular weight is 397 g/mol. The van der Waals surface area contributed by atoms with Gasteiger partial charge in [-0.25, -0.2) is 15.0 Å². The van der Waals surface area contributed by atoms with Crippen molar-refractivity contribution in [3.63, 3.8) is 0 Å². The lowest BCUT2D eigenvalue weighted by atomic mass is 9.77. The molecular formula is C23H36N6. The van der Waals surface area contributed by atoms with E-state index in [-0.39, 0.29) is 10.8 Å². The summed E-state index contributed by atoms with van der Waals surface area (Å²) in [4.78, 5) is 19.5. The lowest BCUT2D eigenvalue weighted by molar-refractivity contribution is 0.134. The van der Waals surface area contributed by atoms with Gasteiger partial charge in [-0.2, -0.15) is 0 Å². The van der Waals surface area contributed by atoms with Gasteiger partial charge in [-0.3, -0.25) is 4.90 Å². The van der Waals surface area contributed by atoms with Gasteiger partial charge >= 0.3 is 0 Å². The summed E-state index contributed by atoms with van der Waals surface area (Å²) in [5.74, 6) is 2.14. The minimum atomic E-state index is -0.0504. The molecule has 0 bridgehead atoms. The molecule has 0 amide bonds. The largest absolute Gasteiger partial charge is 0.360 e. The Labute approximate surface area is 175 Å². The Hall–Kier alpha value is -1.95. The van der Waals surface area contributed by atoms with Crippen molar-refractivity contribution in [2.24, 2.45) is 7.05 Å². The van der Waals surface area contributed by atoms with E-state index in [0.29, 0.717) is 0 Å². The average Bonchev–Trinajstić information content (AvgIpc) is 3.24. The van der Waals surface area contributed by atoms with Crippen molar-refractivity contribution >= 4 is 5.82 Å². The van der Waals surface area contributed by atoms with Crippen molar-refractivity contribution in [1.29, 1.82) is 0 Å². The summed E-state index contributed by atoms with van der Waals surface area (Å²) in [6.45, 7) is 13.0. The second kappa shape index (κ2) is 7.38. The molecule has 0 N–H and O–H groups in total. The maximum Gasteiger partial charge on any atom is 0.136 e. The van der Waals surface area contributed by atoms with Gasteiger partial charge < -0.3 is 9.47 Å². The lowest BCUT2D eigenvalue weighted by Gasteiger charge is -2.41. The van der Waals surface area contributed by atoms with Crippen LogP contribution in [0.3, 0.4) is 0 Å². The third-order valence-electron chi connectivity index (χ3n) is 6.81. The number of rotatable bonds is 4. The standard InChI is InChI=1S/C23H36N6/c1-7-27(5)20-18-9-11-23(19(18)25-21(26-20)22(2,3)4)10-8-12-29(15-23)14-17-13-24-16-28(17)6/h13,16H,7-12,14-15H2,1-6H3. The van der Waals surface area contributed by atoms with Gasteiger partial charge in [0.25, 0.3) is 0 Å². The molecule has 1 unspecified atom stereocenters. The SMILES string of the molecule is CCN(C)c1nc(C(C)(C)C)nc2c1CCC21CCCN(Cc2cncn2C)C1. The summed E-state index contributed by atoms with van der Waals surface area (Å²) in [6.07, 6.45) is 8.65. The van der Waals surface area contributed by atoms with Crippen LogP contribution in [0, 0.1) is 0 Å². The number of piperidine rings is 1. The van der Waals surface area contributed by atoms with Gasteiger partial charge in [0, 0.05) is 56.3 Å². The van der Waals surface area contributed by atoms with E-state index in [0.717, 1.165) is 44.2 Å². The molecule has 2 aromatic rings. The molecule has 0 radical (unpaired) electrons. The summed E-state index contributed by atoms with van der Waals surface area (Å²) >= 11 is 0. The topological polar surface area (TPSA) is 50.1 Å². The zero-order valence-electron chi connectivity index (χ0n) is 19.0. The van der Waals surface area contributed by atoms with Crippen molar-refractivity contribution in [3.05, 3.63) is 35.3 Å². The highest BCUT2D eigenvalue weighted by molar-refractivity contribution is 5.54. The number of anilines is 1. The first-order valence-electron chi connectivity index (χ1n) is 11.0. The van der Waals surface area contributed by atoms with Crippen LogP contribution in [0.25, 0.3) is 0 Å². The van der Waals surface area contributed by atoms with Crippen molar-refractivity contribution in [2.45, 2.75) is 70.8 Å². The molecule has 3 heterocycles. The predicted octanol–water partition coefficient (Wildman–Crippen LogP) is 3.44. The van der Waals surface area contributed by atoms with E-state index in [1.165, 1.54) is 36.2 Å². The molecule has 0 aromatic carbocycles. The fourth-order valence-electron chi connectivity index (χ4n) is 4.95. The van der Waals surface area contributed by atoms with E-state index < -0.39 is 0 Å². The molecule has 1 aliphatic carbocycles. The van der Waals surface area contributed by atoms with Crippen molar-refractivity contribution in [1.82, 2.24) is 24.4 Å². The number of fused-ring (bicyclic) bond motifs is 2. The maximum absolute atomic E-state index is 5.25. The summed E-state index contributed by atoms with van der Waals surface area (Å²) < 4.78 is 2.14. The molecule has 6 heteroatoms. The normalized spacial score (nSPS) is 22.3. The van der Waals surface area contributed by atoms with Gasteiger partial charge in [-0.1, -0.05) is 20.8 Å². The Morgan fingerprint density at radius 1 is 1.21 bits per heavy atom. The van der Waals surface area contributed by atoms with Crippen LogP contribution in [-0.2, 0) is 30.8 Å². The first-order chi connectivity index (χ1) is 13.7. The Morgan fingerprint density at radius 2 is 2.00 bits per heavy atom. The van der Waals surface area contributed by atoms with Crippen LogP contribution in [-0.4, -0.2) is 51.1 Å². The van der Waals surface area contributed by atoms with E-state index in [1.807, 2.05) is 12.5 Å². The second-order valence-corrected chi connectivity index (χ2v) is 10.1. The zero-order valence-corrected chi connectivity index (χ0v) is 19.0. The van der Waals surface area contributed by atoms with Crippen LogP contribution in [0.4, 0.5) is 5.82 Å². The highest BCUT2D eigenvalue weighted by atomic mass is 15.2. The minimum Gasteiger partial charge on any atom is -0.360 e. The molecule has 1 fully saturated rings. The maximum atomic E-state index is 5.25. The molecule has 0 saturated carbocycles. The molecule has 29 heavy (non-hydrogen) atoms. The predicted molar refractivity (Wildman–Crippen MR) is 117 cm³/mol. The van der Waals surface area contributed by atoms with Gasteiger partial charge in [0.15, 0.2) is 0 Å². The highest BCUT2D eigenvalue weighted by Crippen LogP contribution is 2.47. The van der Waals surface area contributed by atoms with E-state index in [9.17, 15) is 0 Å². The number of hydrogen-bond donors (Lipinski definition) is 0. The molecule has 1 saturated heterocycles. The van der Waals surface area contributed by atoms with Crippen molar-refractivity contribution in [2.75, 3.05) is 31.6 Å².